The zero-order chi connectivity index (χ0) is 15.4. The van der Waals surface area contributed by atoms with Crippen molar-refractivity contribution in [1.82, 2.24) is 9.88 Å². The standard InChI is InChI=1S/C17H24N2OS/c1-5-16-18-12(2)17(21-16)13(3)19(4)10-14-6-8-15(11-20)9-7-14/h6-9,13,20H,5,10-11H2,1-4H3. The molecule has 0 spiro atoms. The van der Waals surface area contributed by atoms with Crippen LogP contribution in [-0.4, -0.2) is 22.0 Å². The number of aryl methyl sites for hydroxylation is 2. The van der Waals surface area contributed by atoms with E-state index in [1.165, 1.54) is 15.4 Å². The molecule has 2 rings (SSSR count). The maximum absolute atomic E-state index is 9.09. The fourth-order valence-corrected chi connectivity index (χ4v) is 3.50. The fraction of sp³-hybridized carbons (Fsp3) is 0.471. The van der Waals surface area contributed by atoms with Crippen molar-refractivity contribution in [2.24, 2.45) is 0 Å². The van der Waals surface area contributed by atoms with Crippen molar-refractivity contribution >= 4 is 11.3 Å². The van der Waals surface area contributed by atoms with Crippen molar-refractivity contribution < 1.29 is 5.11 Å². The Morgan fingerprint density at radius 3 is 2.38 bits per heavy atom. The molecule has 0 saturated carbocycles. The highest BCUT2D eigenvalue weighted by Gasteiger charge is 2.18. The van der Waals surface area contributed by atoms with Crippen molar-refractivity contribution in [2.45, 2.75) is 46.4 Å². The summed E-state index contributed by atoms with van der Waals surface area (Å²) in [4.78, 5) is 8.33. The number of aliphatic hydroxyl groups is 1. The Kier molecular flexibility index (Phi) is 5.51. The van der Waals surface area contributed by atoms with Gasteiger partial charge in [-0.3, -0.25) is 4.90 Å². The molecule has 21 heavy (non-hydrogen) atoms. The minimum absolute atomic E-state index is 0.104. The highest BCUT2D eigenvalue weighted by atomic mass is 32.1. The van der Waals surface area contributed by atoms with Crippen LogP contribution in [0, 0.1) is 6.92 Å². The second-order valence-corrected chi connectivity index (χ2v) is 6.59. The molecule has 0 aliphatic carbocycles. The molecular formula is C17H24N2OS. The smallest absolute Gasteiger partial charge is 0.0928 e. The van der Waals surface area contributed by atoms with Crippen LogP contribution >= 0.6 is 11.3 Å². The van der Waals surface area contributed by atoms with E-state index in [9.17, 15) is 0 Å². The third-order valence-corrected chi connectivity index (χ3v) is 5.33. The number of hydrogen-bond acceptors (Lipinski definition) is 4. The summed E-state index contributed by atoms with van der Waals surface area (Å²) in [5, 5.41) is 10.3. The van der Waals surface area contributed by atoms with Gasteiger partial charge in [0, 0.05) is 17.5 Å². The molecule has 4 heteroatoms. The summed E-state index contributed by atoms with van der Waals surface area (Å²) in [7, 11) is 2.15. The van der Waals surface area contributed by atoms with Gasteiger partial charge in [0.05, 0.1) is 17.3 Å². The molecule has 2 aromatic rings. The average Bonchev–Trinajstić information content (AvgIpc) is 2.88. The lowest BCUT2D eigenvalue weighted by atomic mass is 10.1. The van der Waals surface area contributed by atoms with Crippen LogP contribution in [-0.2, 0) is 19.6 Å². The Labute approximate surface area is 131 Å². The summed E-state index contributed by atoms with van der Waals surface area (Å²) >= 11 is 1.83. The zero-order valence-electron chi connectivity index (χ0n) is 13.3. The fourth-order valence-electron chi connectivity index (χ4n) is 2.38. The maximum atomic E-state index is 9.09. The lowest BCUT2D eigenvalue weighted by Gasteiger charge is -2.24. The third kappa shape index (κ3) is 3.90. The molecule has 3 nitrogen and oxygen atoms in total. The summed E-state index contributed by atoms with van der Waals surface area (Å²) in [6.45, 7) is 7.49. The maximum Gasteiger partial charge on any atom is 0.0928 e. The van der Waals surface area contributed by atoms with Gasteiger partial charge < -0.3 is 5.11 Å². The predicted molar refractivity (Wildman–Crippen MR) is 88.5 cm³/mol. The molecule has 1 atom stereocenters. The van der Waals surface area contributed by atoms with Crippen molar-refractivity contribution in [2.75, 3.05) is 7.05 Å². The van der Waals surface area contributed by atoms with Gasteiger partial charge in [0.25, 0.3) is 0 Å². The number of aliphatic hydroxyl groups excluding tert-OH is 1. The van der Waals surface area contributed by atoms with Gasteiger partial charge in [0.15, 0.2) is 0 Å². The Bertz CT molecular complexity index is 577. The number of rotatable bonds is 6. The van der Waals surface area contributed by atoms with Crippen molar-refractivity contribution in [3.05, 3.63) is 51.0 Å². The second kappa shape index (κ2) is 7.16. The molecule has 1 unspecified atom stereocenters. The van der Waals surface area contributed by atoms with E-state index >= 15 is 0 Å². The monoisotopic (exact) mass is 304 g/mol. The summed E-state index contributed by atoms with van der Waals surface area (Å²) in [5.41, 5.74) is 3.38. The highest BCUT2D eigenvalue weighted by Crippen LogP contribution is 2.29. The van der Waals surface area contributed by atoms with Crippen LogP contribution in [0.2, 0.25) is 0 Å². The first-order chi connectivity index (χ1) is 10.0. The Morgan fingerprint density at radius 1 is 1.24 bits per heavy atom. The molecule has 0 amide bonds. The average molecular weight is 304 g/mol. The molecule has 114 valence electrons. The SMILES string of the molecule is CCc1nc(C)c(C(C)N(C)Cc2ccc(CO)cc2)s1. The molecule has 1 aromatic heterocycles. The number of nitrogens with zero attached hydrogens (tertiary/aromatic N) is 2. The number of benzene rings is 1. The first-order valence-corrected chi connectivity index (χ1v) is 8.21. The predicted octanol–water partition coefficient (Wildman–Crippen LogP) is 3.70. The van der Waals surface area contributed by atoms with E-state index in [-0.39, 0.29) is 6.61 Å². The van der Waals surface area contributed by atoms with E-state index in [0.717, 1.165) is 24.2 Å². The van der Waals surface area contributed by atoms with Gasteiger partial charge >= 0.3 is 0 Å². The number of aromatic nitrogens is 1. The van der Waals surface area contributed by atoms with Crippen LogP contribution in [0.3, 0.4) is 0 Å². The molecule has 1 aromatic carbocycles. The zero-order valence-corrected chi connectivity index (χ0v) is 14.1. The lowest BCUT2D eigenvalue weighted by molar-refractivity contribution is 0.255. The molecule has 0 radical (unpaired) electrons. The van der Waals surface area contributed by atoms with Crippen molar-refractivity contribution in [3.8, 4) is 0 Å². The summed E-state index contributed by atoms with van der Waals surface area (Å²) < 4.78 is 0. The third-order valence-electron chi connectivity index (χ3n) is 3.86. The van der Waals surface area contributed by atoms with Gasteiger partial charge in [0.1, 0.15) is 0 Å². The lowest BCUT2D eigenvalue weighted by Crippen LogP contribution is -2.21. The summed E-state index contributed by atoms with van der Waals surface area (Å²) in [6.07, 6.45) is 1.00. The quantitative estimate of drug-likeness (QED) is 0.884. The van der Waals surface area contributed by atoms with Crippen LogP contribution in [0.15, 0.2) is 24.3 Å². The van der Waals surface area contributed by atoms with E-state index in [2.05, 4.69) is 49.8 Å². The van der Waals surface area contributed by atoms with Crippen molar-refractivity contribution in [1.29, 1.82) is 0 Å². The van der Waals surface area contributed by atoms with E-state index in [1.807, 2.05) is 23.5 Å². The minimum Gasteiger partial charge on any atom is -0.392 e. The molecule has 0 aliphatic heterocycles. The molecule has 0 aliphatic rings. The van der Waals surface area contributed by atoms with Gasteiger partial charge in [-0.05, 0) is 38.4 Å². The molecule has 0 fully saturated rings. The minimum atomic E-state index is 0.104. The van der Waals surface area contributed by atoms with E-state index < -0.39 is 0 Å². The van der Waals surface area contributed by atoms with Gasteiger partial charge in [-0.2, -0.15) is 0 Å². The van der Waals surface area contributed by atoms with E-state index in [1.54, 1.807) is 0 Å². The van der Waals surface area contributed by atoms with Crippen LogP contribution in [0.1, 0.15) is 46.6 Å². The normalized spacial score (nSPS) is 12.9. The Hall–Kier alpha value is -1.23. The number of hydrogen-bond donors (Lipinski definition) is 1. The highest BCUT2D eigenvalue weighted by molar-refractivity contribution is 7.11. The van der Waals surface area contributed by atoms with Gasteiger partial charge in [-0.15, -0.1) is 11.3 Å². The molecule has 1 N–H and O–H groups in total. The van der Waals surface area contributed by atoms with E-state index in [4.69, 9.17) is 5.11 Å². The molecule has 0 saturated heterocycles. The Balaban J connectivity index is 2.07. The van der Waals surface area contributed by atoms with Gasteiger partial charge in [-0.1, -0.05) is 31.2 Å². The van der Waals surface area contributed by atoms with E-state index in [0.29, 0.717) is 6.04 Å². The topological polar surface area (TPSA) is 36.4 Å². The van der Waals surface area contributed by atoms with Crippen LogP contribution in [0.4, 0.5) is 0 Å². The summed E-state index contributed by atoms with van der Waals surface area (Å²) in [6, 6.07) is 8.51. The molecule has 0 bridgehead atoms. The molecule has 1 heterocycles. The molecular weight excluding hydrogens is 280 g/mol. The van der Waals surface area contributed by atoms with Crippen LogP contribution < -0.4 is 0 Å². The largest absolute Gasteiger partial charge is 0.392 e. The van der Waals surface area contributed by atoms with Crippen LogP contribution in [0.5, 0.6) is 0 Å². The first-order valence-electron chi connectivity index (χ1n) is 7.40. The van der Waals surface area contributed by atoms with Crippen molar-refractivity contribution in [3.63, 3.8) is 0 Å². The second-order valence-electron chi connectivity index (χ2n) is 5.48. The summed E-state index contributed by atoms with van der Waals surface area (Å²) in [5.74, 6) is 0. The van der Waals surface area contributed by atoms with Crippen LogP contribution in [0.25, 0.3) is 0 Å². The van der Waals surface area contributed by atoms with Gasteiger partial charge in [0.2, 0.25) is 0 Å². The Morgan fingerprint density at radius 2 is 1.86 bits per heavy atom. The first kappa shape index (κ1) is 16.1. The number of thiazole rings is 1. The van der Waals surface area contributed by atoms with Gasteiger partial charge in [-0.25, -0.2) is 4.98 Å².